The maximum Gasteiger partial charge on any atom is 0.154 e. The predicted molar refractivity (Wildman–Crippen MR) is 86.2 cm³/mol. The quantitative estimate of drug-likeness (QED) is 0.748. The van der Waals surface area contributed by atoms with Gasteiger partial charge in [-0.3, -0.25) is 0 Å². The first-order chi connectivity index (χ1) is 8.74. The molecule has 1 N–H and O–H groups in total. The van der Waals surface area contributed by atoms with E-state index in [1.807, 2.05) is 13.8 Å². The zero-order valence-corrected chi connectivity index (χ0v) is 14.7. The summed E-state index contributed by atoms with van der Waals surface area (Å²) < 4.78 is 23.8. The lowest BCUT2D eigenvalue weighted by molar-refractivity contribution is 0.599. The van der Waals surface area contributed by atoms with Crippen LogP contribution in [0.3, 0.4) is 0 Å². The molecular formula is C12H20IN3O2S. The smallest absolute Gasteiger partial charge is 0.154 e. The fraction of sp³-hybridized carbons (Fsp3) is 0.667. The van der Waals surface area contributed by atoms with Crippen molar-refractivity contribution in [3.05, 3.63) is 15.1 Å². The SMILES string of the molecule is CCCNc1nc(CS(C)(=O)=O)nc(C(C)C)c1I. The molecule has 19 heavy (non-hydrogen) atoms. The van der Waals surface area contributed by atoms with Gasteiger partial charge in [-0.1, -0.05) is 20.8 Å². The predicted octanol–water partition coefficient (Wildman–Crippen LogP) is 2.57. The molecule has 0 amide bonds. The number of nitrogens with zero attached hydrogens (tertiary/aromatic N) is 2. The lowest BCUT2D eigenvalue weighted by atomic mass is 10.1. The third kappa shape index (κ3) is 5.21. The summed E-state index contributed by atoms with van der Waals surface area (Å²) in [6.07, 6.45) is 2.18. The minimum atomic E-state index is -3.12. The average Bonchev–Trinajstić information content (AvgIpc) is 2.27. The second kappa shape index (κ2) is 6.83. The Balaban J connectivity index is 3.22. The van der Waals surface area contributed by atoms with Gasteiger partial charge in [-0.05, 0) is 34.9 Å². The van der Waals surface area contributed by atoms with E-state index in [4.69, 9.17) is 0 Å². The van der Waals surface area contributed by atoms with Crippen molar-refractivity contribution in [2.75, 3.05) is 18.1 Å². The molecule has 1 aromatic heterocycles. The van der Waals surface area contributed by atoms with Gasteiger partial charge in [0.05, 0.1) is 9.26 Å². The molecule has 0 unspecified atom stereocenters. The van der Waals surface area contributed by atoms with Crippen molar-refractivity contribution in [1.82, 2.24) is 9.97 Å². The van der Waals surface area contributed by atoms with Gasteiger partial charge in [0.15, 0.2) is 9.84 Å². The molecule has 0 saturated carbocycles. The highest BCUT2D eigenvalue weighted by atomic mass is 127. The van der Waals surface area contributed by atoms with E-state index in [1.165, 1.54) is 6.26 Å². The van der Waals surface area contributed by atoms with E-state index in [0.29, 0.717) is 5.82 Å². The van der Waals surface area contributed by atoms with Gasteiger partial charge in [-0.15, -0.1) is 0 Å². The largest absolute Gasteiger partial charge is 0.369 e. The highest BCUT2D eigenvalue weighted by molar-refractivity contribution is 14.1. The fourth-order valence-electron chi connectivity index (χ4n) is 1.55. The molecular weight excluding hydrogens is 377 g/mol. The van der Waals surface area contributed by atoms with Crippen LogP contribution in [0.5, 0.6) is 0 Å². The number of anilines is 1. The monoisotopic (exact) mass is 397 g/mol. The Hall–Kier alpha value is -0.440. The van der Waals surface area contributed by atoms with Gasteiger partial charge in [0.25, 0.3) is 0 Å². The maximum absolute atomic E-state index is 11.4. The number of aromatic nitrogens is 2. The maximum atomic E-state index is 11.4. The van der Waals surface area contributed by atoms with E-state index < -0.39 is 9.84 Å². The molecule has 0 radical (unpaired) electrons. The van der Waals surface area contributed by atoms with Crippen molar-refractivity contribution >= 4 is 38.2 Å². The molecule has 0 atom stereocenters. The van der Waals surface area contributed by atoms with E-state index >= 15 is 0 Å². The Morgan fingerprint density at radius 1 is 1.32 bits per heavy atom. The number of hydrogen-bond acceptors (Lipinski definition) is 5. The summed E-state index contributed by atoms with van der Waals surface area (Å²) in [4.78, 5) is 8.72. The molecule has 5 nitrogen and oxygen atoms in total. The summed E-state index contributed by atoms with van der Waals surface area (Å²) in [6, 6.07) is 0. The van der Waals surface area contributed by atoms with E-state index in [9.17, 15) is 8.42 Å². The summed E-state index contributed by atoms with van der Waals surface area (Å²) in [5.74, 6) is 1.21. The van der Waals surface area contributed by atoms with Crippen LogP contribution >= 0.6 is 22.6 Å². The fourth-order valence-corrected chi connectivity index (χ4v) is 3.21. The molecule has 1 aromatic rings. The van der Waals surface area contributed by atoms with Gasteiger partial charge >= 0.3 is 0 Å². The van der Waals surface area contributed by atoms with Crippen molar-refractivity contribution in [3.8, 4) is 0 Å². The Kier molecular flexibility index (Phi) is 5.97. The molecule has 0 saturated heterocycles. The molecule has 0 spiro atoms. The van der Waals surface area contributed by atoms with Crippen molar-refractivity contribution in [2.45, 2.75) is 38.9 Å². The second-order valence-electron chi connectivity index (χ2n) is 4.84. The van der Waals surface area contributed by atoms with Crippen LogP contribution in [-0.2, 0) is 15.6 Å². The zero-order valence-electron chi connectivity index (χ0n) is 11.7. The van der Waals surface area contributed by atoms with E-state index in [1.54, 1.807) is 0 Å². The molecule has 0 bridgehead atoms. The summed E-state index contributed by atoms with van der Waals surface area (Å²) in [5.41, 5.74) is 0.896. The Labute approximate surface area is 128 Å². The topological polar surface area (TPSA) is 72.0 Å². The Bertz CT molecular complexity index is 544. The van der Waals surface area contributed by atoms with Crippen LogP contribution in [0.25, 0.3) is 0 Å². The van der Waals surface area contributed by atoms with Gasteiger partial charge in [0.1, 0.15) is 17.4 Å². The van der Waals surface area contributed by atoms with Crippen molar-refractivity contribution < 1.29 is 8.42 Å². The van der Waals surface area contributed by atoms with Crippen LogP contribution in [0.1, 0.15) is 44.6 Å². The molecule has 7 heteroatoms. The van der Waals surface area contributed by atoms with Crippen LogP contribution in [0.2, 0.25) is 0 Å². The molecule has 0 aromatic carbocycles. The van der Waals surface area contributed by atoms with Crippen LogP contribution in [0.15, 0.2) is 0 Å². The number of nitrogens with one attached hydrogen (secondary N) is 1. The summed E-state index contributed by atoms with van der Waals surface area (Å²) >= 11 is 2.21. The molecule has 1 heterocycles. The molecule has 1 rings (SSSR count). The average molecular weight is 397 g/mol. The normalized spacial score (nSPS) is 11.9. The Morgan fingerprint density at radius 3 is 2.42 bits per heavy atom. The third-order valence-electron chi connectivity index (χ3n) is 2.40. The van der Waals surface area contributed by atoms with E-state index in [0.717, 1.165) is 28.0 Å². The molecule has 0 aliphatic carbocycles. The first-order valence-electron chi connectivity index (χ1n) is 6.22. The van der Waals surface area contributed by atoms with Crippen molar-refractivity contribution in [1.29, 1.82) is 0 Å². The standard InChI is InChI=1S/C12H20IN3O2S/c1-5-6-14-12-10(13)11(8(2)3)15-9(16-12)7-19(4,17)18/h8H,5-7H2,1-4H3,(H,14,15,16). The van der Waals surface area contributed by atoms with Gasteiger partial charge in [0.2, 0.25) is 0 Å². The van der Waals surface area contributed by atoms with Crippen molar-refractivity contribution in [2.24, 2.45) is 0 Å². The second-order valence-corrected chi connectivity index (χ2v) is 8.06. The first-order valence-corrected chi connectivity index (χ1v) is 9.36. The zero-order chi connectivity index (χ0) is 14.6. The van der Waals surface area contributed by atoms with Crippen LogP contribution < -0.4 is 5.32 Å². The summed E-state index contributed by atoms with van der Waals surface area (Å²) in [7, 11) is -3.12. The van der Waals surface area contributed by atoms with Crippen LogP contribution in [0, 0.1) is 3.57 Å². The third-order valence-corrected chi connectivity index (χ3v) is 4.25. The molecule has 0 aliphatic rings. The van der Waals surface area contributed by atoms with Gasteiger partial charge in [-0.25, -0.2) is 18.4 Å². The van der Waals surface area contributed by atoms with Crippen LogP contribution in [-0.4, -0.2) is 31.2 Å². The number of hydrogen-bond donors (Lipinski definition) is 1. The summed E-state index contributed by atoms with van der Waals surface area (Å²) in [5, 5.41) is 3.23. The van der Waals surface area contributed by atoms with Gasteiger partial charge in [0, 0.05) is 12.8 Å². The van der Waals surface area contributed by atoms with E-state index in [2.05, 4.69) is 44.8 Å². The highest BCUT2D eigenvalue weighted by Gasteiger charge is 2.17. The van der Waals surface area contributed by atoms with E-state index in [-0.39, 0.29) is 11.7 Å². The lowest BCUT2D eigenvalue weighted by Crippen LogP contribution is -2.13. The van der Waals surface area contributed by atoms with Crippen molar-refractivity contribution in [3.63, 3.8) is 0 Å². The van der Waals surface area contributed by atoms with Gasteiger partial charge in [-0.2, -0.15) is 0 Å². The number of sulfone groups is 1. The first kappa shape index (κ1) is 16.6. The molecule has 0 fully saturated rings. The van der Waals surface area contributed by atoms with Gasteiger partial charge < -0.3 is 5.32 Å². The molecule has 0 aliphatic heterocycles. The highest BCUT2D eigenvalue weighted by Crippen LogP contribution is 2.25. The minimum absolute atomic E-state index is 0.121. The Morgan fingerprint density at radius 2 is 1.95 bits per heavy atom. The van der Waals surface area contributed by atoms with Crippen LogP contribution in [0.4, 0.5) is 5.82 Å². The molecule has 108 valence electrons. The minimum Gasteiger partial charge on any atom is -0.369 e. The summed E-state index contributed by atoms with van der Waals surface area (Å²) in [6.45, 7) is 6.96. The number of rotatable bonds is 6. The lowest BCUT2D eigenvalue weighted by Gasteiger charge is -2.14. The number of halogens is 1.